The molecule has 3 nitrogen and oxygen atoms in total. The van der Waals surface area contributed by atoms with E-state index in [0.29, 0.717) is 5.56 Å². The minimum atomic E-state index is -0.0621. The van der Waals surface area contributed by atoms with E-state index in [2.05, 4.69) is 30.4 Å². The Balaban J connectivity index is 1.75. The Bertz CT molecular complexity index is 995. The fourth-order valence-corrected chi connectivity index (χ4v) is 5.60. The Kier molecular flexibility index (Phi) is 6.88. The third-order valence-corrected chi connectivity index (χ3v) is 7.41. The van der Waals surface area contributed by atoms with Crippen molar-refractivity contribution in [3.05, 3.63) is 87.3 Å². The van der Waals surface area contributed by atoms with Gasteiger partial charge in [-0.3, -0.25) is 4.79 Å². The molecule has 1 saturated heterocycles. The van der Waals surface area contributed by atoms with Gasteiger partial charge in [-0.2, -0.15) is 0 Å². The summed E-state index contributed by atoms with van der Waals surface area (Å²) in [6.45, 7) is 4.41. The molecule has 5 heteroatoms. The number of quaternary nitrogens is 1. The van der Waals surface area contributed by atoms with Gasteiger partial charge in [0.25, 0.3) is 5.91 Å². The van der Waals surface area contributed by atoms with E-state index in [0.717, 1.165) is 35.1 Å². The lowest BCUT2D eigenvalue weighted by Crippen LogP contribution is -3.13. The van der Waals surface area contributed by atoms with E-state index in [4.69, 9.17) is 11.6 Å². The van der Waals surface area contributed by atoms with Crippen molar-refractivity contribution in [1.82, 2.24) is 0 Å². The zero-order chi connectivity index (χ0) is 20.9. The summed E-state index contributed by atoms with van der Waals surface area (Å²) in [6, 6.07) is 20.0. The van der Waals surface area contributed by atoms with Crippen molar-refractivity contribution in [1.29, 1.82) is 0 Å². The highest BCUT2D eigenvalue weighted by atomic mass is 35.5. The molecular weight excluding hydrogens is 412 g/mol. The van der Waals surface area contributed by atoms with Crippen molar-refractivity contribution in [2.24, 2.45) is 0 Å². The van der Waals surface area contributed by atoms with Gasteiger partial charge in [0.1, 0.15) is 11.0 Å². The van der Waals surface area contributed by atoms with E-state index in [-0.39, 0.29) is 11.9 Å². The minimum absolute atomic E-state index is 0.0621. The number of benzene rings is 2. The third kappa shape index (κ3) is 4.61. The van der Waals surface area contributed by atoms with Crippen molar-refractivity contribution in [2.75, 3.05) is 18.4 Å². The van der Waals surface area contributed by atoms with Crippen LogP contribution in [-0.4, -0.2) is 19.0 Å². The van der Waals surface area contributed by atoms with Crippen LogP contribution in [0.4, 0.5) is 5.00 Å². The van der Waals surface area contributed by atoms with E-state index < -0.39 is 0 Å². The number of thiophene rings is 1. The number of carbonyl (C=O) groups is 1. The van der Waals surface area contributed by atoms with Gasteiger partial charge < -0.3 is 10.2 Å². The van der Waals surface area contributed by atoms with Crippen LogP contribution in [-0.2, 0) is 6.42 Å². The number of amides is 1. The van der Waals surface area contributed by atoms with Crippen molar-refractivity contribution >= 4 is 33.8 Å². The second-order valence-corrected chi connectivity index (χ2v) is 9.39. The van der Waals surface area contributed by atoms with Crippen molar-refractivity contribution in [3.8, 4) is 0 Å². The average molecular weight is 440 g/mol. The summed E-state index contributed by atoms with van der Waals surface area (Å²) in [5, 5.41) is 4.96. The second-order valence-electron chi connectivity index (χ2n) is 7.84. The lowest BCUT2D eigenvalue weighted by atomic mass is 9.95. The quantitative estimate of drug-likeness (QED) is 0.531. The highest BCUT2D eigenvalue weighted by Gasteiger charge is 2.33. The molecule has 2 N–H and O–H groups in total. The first-order valence-electron chi connectivity index (χ1n) is 10.8. The van der Waals surface area contributed by atoms with Gasteiger partial charge in [-0.1, -0.05) is 54.9 Å². The first kappa shape index (κ1) is 21.1. The second kappa shape index (κ2) is 9.78. The SMILES string of the molecule is CCc1cc([C@@H](c2ccccc2Cl)[NH+]2CCCCC2)c(NC(=O)c2ccccc2)s1. The van der Waals surface area contributed by atoms with Crippen LogP contribution < -0.4 is 10.2 Å². The predicted molar refractivity (Wildman–Crippen MR) is 126 cm³/mol. The normalized spacial score (nSPS) is 15.7. The summed E-state index contributed by atoms with van der Waals surface area (Å²) in [6.07, 6.45) is 4.70. The molecular formula is C25H28ClN2OS+. The molecule has 4 rings (SSSR count). The maximum absolute atomic E-state index is 12.9. The number of anilines is 1. The standard InChI is InChI=1S/C25H27ClN2OS/c1-2-19-17-21(25(30-19)27-24(29)18-11-5-3-6-12-18)23(28-15-9-4-10-16-28)20-13-7-8-14-22(20)26/h3,5-8,11-14,17,23H,2,4,9-10,15-16H2,1H3,(H,27,29)/p+1/t23-/m1/s1. The maximum Gasteiger partial charge on any atom is 0.256 e. The Hall–Kier alpha value is -2.14. The van der Waals surface area contributed by atoms with Gasteiger partial charge in [-0.05, 0) is 49.9 Å². The molecule has 0 unspecified atom stereocenters. The summed E-state index contributed by atoms with van der Waals surface area (Å²) in [5.41, 5.74) is 3.01. The number of nitrogens with one attached hydrogen (secondary N) is 2. The van der Waals surface area contributed by atoms with Crippen molar-refractivity contribution < 1.29 is 9.69 Å². The van der Waals surface area contributed by atoms with Crippen LogP contribution in [0.15, 0.2) is 60.7 Å². The highest BCUT2D eigenvalue weighted by molar-refractivity contribution is 7.16. The molecule has 0 saturated carbocycles. The van der Waals surface area contributed by atoms with E-state index in [1.807, 2.05) is 42.5 Å². The first-order valence-corrected chi connectivity index (χ1v) is 11.9. The minimum Gasteiger partial charge on any atom is -0.325 e. The van der Waals surface area contributed by atoms with Crippen molar-refractivity contribution in [3.63, 3.8) is 0 Å². The van der Waals surface area contributed by atoms with Gasteiger partial charge in [0.2, 0.25) is 0 Å². The van der Waals surface area contributed by atoms with Gasteiger partial charge in [0, 0.05) is 21.6 Å². The van der Waals surface area contributed by atoms with Gasteiger partial charge in [0.05, 0.1) is 18.1 Å². The molecule has 0 bridgehead atoms. The molecule has 1 aliphatic heterocycles. The zero-order valence-corrected chi connectivity index (χ0v) is 18.9. The predicted octanol–water partition coefficient (Wildman–Crippen LogP) is 5.37. The largest absolute Gasteiger partial charge is 0.325 e. The lowest BCUT2D eigenvalue weighted by Gasteiger charge is -2.32. The molecule has 0 spiro atoms. The van der Waals surface area contributed by atoms with Crippen molar-refractivity contribution in [2.45, 2.75) is 38.6 Å². The fraction of sp³-hybridized carbons (Fsp3) is 0.320. The zero-order valence-electron chi connectivity index (χ0n) is 17.3. The summed E-state index contributed by atoms with van der Waals surface area (Å²) in [4.78, 5) is 15.7. The number of carbonyl (C=O) groups excluding carboxylic acids is 1. The van der Waals surface area contributed by atoms with Crippen LogP contribution in [0.5, 0.6) is 0 Å². The number of rotatable bonds is 6. The molecule has 1 atom stereocenters. The molecule has 0 aliphatic carbocycles. The number of aryl methyl sites for hydroxylation is 1. The number of halogens is 1. The van der Waals surface area contributed by atoms with E-state index in [1.54, 1.807) is 11.3 Å². The smallest absolute Gasteiger partial charge is 0.256 e. The van der Waals surface area contributed by atoms with Crippen LogP contribution in [0.2, 0.25) is 5.02 Å². The van der Waals surface area contributed by atoms with E-state index in [1.165, 1.54) is 34.6 Å². The monoisotopic (exact) mass is 439 g/mol. The molecule has 3 aromatic rings. The van der Waals surface area contributed by atoms with Crippen LogP contribution in [0.25, 0.3) is 0 Å². The molecule has 1 aliphatic rings. The maximum atomic E-state index is 12.9. The fourth-order valence-electron chi connectivity index (χ4n) is 4.32. The summed E-state index contributed by atoms with van der Waals surface area (Å²) in [5.74, 6) is -0.0621. The summed E-state index contributed by atoms with van der Waals surface area (Å²) >= 11 is 8.37. The Morgan fingerprint density at radius 3 is 2.43 bits per heavy atom. The van der Waals surface area contributed by atoms with Crippen LogP contribution in [0.3, 0.4) is 0 Å². The number of likely N-dealkylation sites (tertiary alicyclic amines) is 1. The molecule has 1 aromatic heterocycles. The van der Waals surface area contributed by atoms with Gasteiger partial charge in [0.15, 0.2) is 0 Å². The van der Waals surface area contributed by atoms with E-state index >= 15 is 0 Å². The molecule has 2 heterocycles. The Morgan fingerprint density at radius 1 is 1.03 bits per heavy atom. The van der Waals surface area contributed by atoms with Gasteiger partial charge >= 0.3 is 0 Å². The Labute approximate surface area is 187 Å². The van der Waals surface area contributed by atoms with Crippen LogP contribution in [0, 0.1) is 0 Å². The topological polar surface area (TPSA) is 33.5 Å². The first-order chi connectivity index (χ1) is 14.7. The third-order valence-electron chi connectivity index (χ3n) is 5.85. The van der Waals surface area contributed by atoms with E-state index in [9.17, 15) is 4.79 Å². The summed E-state index contributed by atoms with van der Waals surface area (Å²) < 4.78 is 0. The van der Waals surface area contributed by atoms with Gasteiger partial charge in [-0.25, -0.2) is 0 Å². The molecule has 0 radical (unpaired) electrons. The molecule has 1 amide bonds. The average Bonchev–Trinajstić information content (AvgIpc) is 3.19. The number of hydrogen-bond donors (Lipinski definition) is 2. The molecule has 30 heavy (non-hydrogen) atoms. The Morgan fingerprint density at radius 2 is 1.73 bits per heavy atom. The highest BCUT2D eigenvalue weighted by Crippen LogP contribution is 2.37. The lowest BCUT2D eigenvalue weighted by molar-refractivity contribution is -0.930. The molecule has 156 valence electrons. The molecule has 2 aromatic carbocycles. The van der Waals surface area contributed by atoms with Crippen LogP contribution >= 0.6 is 22.9 Å². The summed E-state index contributed by atoms with van der Waals surface area (Å²) in [7, 11) is 0. The number of hydrogen-bond acceptors (Lipinski definition) is 2. The van der Waals surface area contributed by atoms with Gasteiger partial charge in [-0.15, -0.1) is 11.3 Å². The van der Waals surface area contributed by atoms with Crippen LogP contribution in [0.1, 0.15) is 58.6 Å². The number of piperidine rings is 1. The molecule has 1 fully saturated rings.